The van der Waals surface area contributed by atoms with Crippen LogP contribution in [0.5, 0.6) is 0 Å². The van der Waals surface area contributed by atoms with Gasteiger partial charge in [-0.2, -0.15) is 0 Å². The summed E-state index contributed by atoms with van der Waals surface area (Å²) in [5, 5.41) is 10.0. The minimum atomic E-state index is -0.415. The molecule has 3 N–H and O–H groups in total. The summed E-state index contributed by atoms with van der Waals surface area (Å²) < 4.78 is 0. The number of unbranched alkanes of at least 4 members (excludes halogenated alkanes) is 1. The maximum atomic E-state index is 10.0. The van der Waals surface area contributed by atoms with Crippen LogP contribution in [-0.4, -0.2) is 11.7 Å². The average molecular weight is 277 g/mol. The summed E-state index contributed by atoms with van der Waals surface area (Å²) >= 11 is 0. The number of hydrogen-bond acceptors (Lipinski definition) is 2. The van der Waals surface area contributed by atoms with Crippen LogP contribution in [-0.2, 0) is 6.42 Å². The smallest absolute Gasteiger partial charge is 0.0802 e. The van der Waals surface area contributed by atoms with E-state index in [9.17, 15) is 5.11 Å². The molecule has 2 atom stereocenters. The van der Waals surface area contributed by atoms with Crippen LogP contribution in [0, 0.1) is 5.92 Å². The quantitative estimate of drug-likeness (QED) is 0.672. The fourth-order valence-electron chi connectivity index (χ4n) is 2.70. The fourth-order valence-corrected chi connectivity index (χ4v) is 2.70. The van der Waals surface area contributed by atoms with E-state index in [1.54, 1.807) is 0 Å². The molecule has 1 aromatic carbocycles. The van der Waals surface area contributed by atoms with Gasteiger partial charge in [-0.05, 0) is 42.9 Å². The lowest BCUT2D eigenvalue weighted by atomic mass is 9.91. The van der Waals surface area contributed by atoms with Crippen molar-refractivity contribution in [1.29, 1.82) is 0 Å². The molecule has 114 valence electrons. The van der Waals surface area contributed by atoms with E-state index in [-0.39, 0.29) is 0 Å². The van der Waals surface area contributed by atoms with Gasteiger partial charge in [0.1, 0.15) is 0 Å². The first kappa shape index (κ1) is 17.2. The molecule has 1 rings (SSSR count). The van der Waals surface area contributed by atoms with Crippen LogP contribution in [0.3, 0.4) is 0 Å². The number of hydrogen-bond donors (Lipinski definition) is 2. The first-order chi connectivity index (χ1) is 9.71. The summed E-state index contributed by atoms with van der Waals surface area (Å²) in [5.41, 5.74) is 7.86. The molecule has 2 unspecified atom stereocenters. The Balaban J connectivity index is 2.52. The third kappa shape index (κ3) is 6.06. The molecule has 0 aliphatic heterocycles. The zero-order valence-corrected chi connectivity index (χ0v) is 13.1. The predicted molar refractivity (Wildman–Crippen MR) is 86.7 cm³/mol. The van der Waals surface area contributed by atoms with Crippen LogP contribution < -0.4 is 5.73 Å². The van der Waals surface area contributed by atoms with Crippen LogP contribution in [0.4, 0.5) is 0 Å². The molecule has 0 aromatic heterocycles. The van der Waals surface area contributed by atoms with E-state index in [1.165, 1.54) is 37.7 Å². The van der Waals surface area contributed by atoms with E-state index in [0.717, 1.165) is 17.9 Å². The molecule has 2 nitrogen and oxygen atoms in total. The summed E-state index contributed by atoms with van der Waals surface area (Å²) in [6, 6.07) is 8.37. The van der Waals surface area contributed by atoms with Crippen LogP contribution in [0.15, 0.2) is 24.3 Å². The number of rotatable bonds is 10. The molecule has 1 aromatic rings. The van der Waals surface area contributed by atoms with Gasteiger partial charge in [0, 0.05) is 0 Å². The molecule has 0 radical (unpaired) electrons. The van der Waals surface area contributed by atoms with Crippen LogP contribution in [0.25, 0.3) is 0 Å². The Hall–Kier alpha value is -0.860. The molecule has 2 heteroatoms. The molecule has 0 amide bonds. The molecule has 0 saturated carbocycles. The SMILES string of the molecule is CCCCC(CC)CCc1cccc(C(O)CCN)c1. The lowest BCUT2D eigenvalue weighted by Crippen LogP contribution is -2.07. The zero-order chi connectivity index (χ0) is 14.8. The molecular formula is C18H31NO. The molecule has 0 aliphatic carbocycles. The minimum absolute atomic E-state index is 0.415. The normalized spacial score (nSPS) is 14.2. The zero-order valence-electron chi connectivity index (χ0n) is 13.1. The van der Waals surface area contributed by atoms with Crippen molar-refractivity contribution < 1.29 is 5.11 Å². The number of nitrogens with two attached hydrogens (primary N) is 1. The Labute approximate surface area is 124 Å². The van der Waals surface area contributed by atoms with Crippen molar-refractivity contribution in [2.75, 3.05) is 6.54 Å². The van der Waals surface area contributed by atoms with Gasteiger partial charge in [-0.15, -0.1) is 0 Å². The Kier molecular flexibility index (Phi) is 8.56. The van der Waals surface area contributed by atoms with Gasteiger partial charge in [-0.25, -0.2) is 0 Å². The van der Waals surface area contributed by atoms with Crippen molar-refractivity contribution in [3.63, 3.8) is 0 Å². The molecule has 20 heavy (non-hydrogen) atoms. The lowest BCUT2D eigenvalue weighted by molar-refractivity contribution is 0.170. The summed E-state index contributed by atoms with van der Waals surface area (Å²) in [4.78, 5) is 0. The van der Waals surface area contributed by atoms with Gasteiger partial charge >= 0.3 is 0 Å². The Morgan fingerprint density at radius 2 is 1.95 bits per heavy atom. The molecule has 0 bridgehead atoms. The molecule has 0 aliphatic rings. The van der Waals surface area contributed by atoms with E-state index >= 15 is 0 Å². The maximum Gasteiger partial charge on any atom is 0.0802 e. The van der Waals surface area contributed by atoms with Gasteiger partial charge < -0.3 is 10.8 Å². The first-order valence-electron chi connectivity index (χ1n) is 8.18. The van der Waals surface area contributed by atoms with Crippen molar-refractivity contribution in [2.45, 2.75) is 64.9 Å². The van der Waals surface area contributed by atoms with Gasteiger partial charge in [0.15, 0.2) is 0 Å². The van der Waals surface area contributed by atoms with Gasteiger partial charge in [-0.1, -0.05) is 63.8 Å². The number of benzene rings is 1. The van der Waals surface area contributed by atoms with Crippen molar-refractivity contribution in [3.05, 3.63) is 35.4 Å². The third-order valence-corrected chi connectivity index (χ3v) is 4.16. The Morgan fingerprint density at radius 3 is 2.60 bits per heavy atom. The highest BCUT2D eigenvalue weighted by atomic mass is 16.3. The predicted octanol–water partition coefficient (Wildman–Crippen LogP) is 4.22. The molecular weight excluding hydrogens is 246 g/mol. The summed E-state index contributed by atoms with van der Waals surface area (Å²) in [6.45, 7) is 5.08. The monoisotopic (exact) mass is 277 g/mol. The van der Waals surface area contributed by atoms with E-state index in [0.29, 0.717) is 13.0 Å². The highest BCUT2D eigenvalue weighted by Gasteiger charge is 2.09. The minimum Gasteiger partial charge on any atom is -0.388 e. The largest absolute Gasteiger partial charge is 0.388 e. The Bertz CT molecular complexity index is 364. The molecule has 0 fully saturated rings. The highest BCUT2D eigenvalue weighted by Crippen LogP contribution is 2.22. The van der Waals surface area contributed by atoms with E-state index in [2.05, 4.69) is 32.0 Å². The van der Waals surface area contributed by atoms with E-state index < -0.39 is 6.10 Å². The van der Waals surface area contributed by atoms with Crippen LogP contribution in [0.2, 0.25) is 0 Å². The van der Waals surface area contributed by atoms with Gasteiger partial charge in [-0.3, -0.25) is 0 Å². The summed E-state index contributed by atoms with van der Waals surface area (Å²) in [5.74, 6) is 0.840. The van der Waals surface area contributed by atoms with Gasteiger partial charge in [0.2, 0.25) is 0 Å². The van der Waals surface area contributed by atoms with Crippen LogP contribution >= 0.6 is 0 Å². The first-order valence-corrected chi connectivity index (χ1v) is 8.18. The maximum absolute atomic E-state index is 10.0. The van der Waals surface area contributed by atoms with E-state index in [4.69, 9.17) is 5.73 Å². The third-order valence-electron chi connectivity index (χ3n) is 4.16. The van der Waals surface area contributed by atoms with E-state index in [1.807, 2.05) is 6.07 Å². The second-order valence-corrected chi connectivity index (χ2v) is 5.79. The van der Waals surface area contributed by atoms with Crippen LogP contribution in [0.1, 0.15) is 69.6 Å². The molecule has 0 saturated heterocycles. The second kappa shape index (κ2) is 9.95. The summed E-state index contributed by atoms with van der Waals surface area (Å²) in [7, 11) is 0. The number of aliphatic hydroxyl groups is 1. The standard InChI is InChI=1S/C18H31NO/c1-3-5-7-15(4-2)10-11-16-8-6-9-17(14-16)18(20)12-13-19/h6,8-9,14-15,18,20H,3-5,7,10-13,19H2,1-2H3. The number of aryl methyl sites for hydroxylation is 1. The average Bonchev–Trinajstić information content (AvgIpc) is 2.48. The lowest BCUT2D eigenvalue weighted by Gasteiger charge is -2.15. The van der Waals surface area contributed by atoms with Crippen molar-refractivity contribution in [3.8, 4) is 0 Å². The van der Waals surface area contributed by atoms with Gasteiger partial charge in [0.05, 0.1) is 6.10 Å². The summed E-state index contributed by atoms with van der Waals surface area (Å²) in [6.07, 6.45) is 7.85. The highest BCUT2D eigenvalue weighted by molar-refractivity contribution is 5.25. The van der Waals surface area contributed by atoms with Gasteiger partial charge in [0.25, 0.3) is 0 Å². The topological polar surface area (TPSA) is 46.2 Å². The molecule has 0 spiro atoms. The van der Waals surface area contributed by atoms with Crippen molar-refractivity contribution in [1.82, 2.24) is 0 Å². The van der Waals surface area contributed by atoms with Crippen molar-refractivity contribution in [2.24, 2.45) is 11.7 Å². The Morgan fingerprint density at radius 1 is 1.15 bits per heavy atom. The fraction of sp³-hybridized carbons (Fsp3) is 0.667. The number of aliphatic hydroxyl groups excluding tert-OH is 1. The second-order valence-electron chi connectivity index (χ2n) is 5.79. The molecule has 0 heterocycles. The van der Waals surface area contributed by atoms with Crippen molar-refractivity contribution >= 4 is 0 Å².